The van der Waals surface area contributed by atoms with E-state index in [0.717, 1.165) is 25.8 Å². The molecule has 2 aliphatic rings. The maximum absolute atomic E-state index is 12.0. The predicted molar refractivity (Wildman–Crippen MR) is 77.9 cm³/mol. The predicted octanol–water partition coefficient (Wildman–Crippen LogP) is 1.64. The number of nitrogens with one attached hydrogen (secondary N) is 1. The topological polar surface area (TPSA) is 58.4 Å². The van der Waals surface area contributed by atoms with Gasteiger partial charge in [-0.3, -0.25) is 9.69 Å². The number of carbonyl (C=O) groups is 1. The molecule has 2 aliphatic carbocycles. The standard InChI is InChI=1S/C15H29N3O/c16-10-5-11-18(12-15(19)17-13-8-9-13)14-6-3-1-2-4-7-14/h13-14H,1-12,16H2,(H,17,19). The molecule has 0 aromatic rings. The van der Waals surface area contributed by atoms with Gasteiger partial charge in [0.25, 0.3) is 0 Å². The monoisotopic (exact) mass is 267 g/mol. The van der Waals surface area contributed by atoms with E-state index in [4.69, 9.17) is 5.73 Å². The second-order valence-corrected chi connectivity index (χ2v) is 6.10. The number of rotatable bonds is 7. The van der Waals surface area contributed by atoms with E-state index in [1.165, 1.54) is 38.5 Å². The lowest BCUT2D eigenvalue weighted by Crippen LogP contribution is -2.44. The maximum atomic E-state index is 12.0. The van der Waals surface area contributed by atoms with E-state index >= 15 is 0 Å². The number of hydrogen-bond donors (Lipinski definition) is 2. The minimum absolute atomic E-state index is 0.212. The summed E-state index contributed by atoms with van der Waals surface area (Å²) in [4.78, 5) is 14.4. The van der Waals surface area contributed by atoms with Crippen molar-refractivity contribution in [3.63, 3.8) is 0 Å². The molecule has 0 saturated heterocycles. The van der Waals surface area contributed by atoms with Gasteiger partial charge < -0.3 is 11.1 Å². The Balaban J connectivity index is 1.82. The molecule has 0 spiro atoms. The number of nitrogens with two attached hydrogens (primary N) is 1. The van der Waals surface area contributed by atoms with Crippen LogP contribution in [0.4, 0.5) is 0 Å². The molecule has 1 amide bonds. The quantitative estimate of drug-likeness (QED) is 0.689. The number of amides is 1. The van der Waals surface area contributed by atoms with E-state index in [1.54, 1.807) is 0 Å². The second kappa shape index (κ2) is 7.85. The van der Waals surface area contributed by atoms with Gasteiger partial charge in [-0.2, -0.15) is 0 Å². The van der Waals surface area contributed by atoms with Gasteiger partial charge >= 0.3 is 0 Å². The van der Waals surface area contributed by atoms with Crippen LogP contribution in [0.2, 0.25) is 0 Å². The van der Waals surface area contributed by atoms with Crippen LogP contribution in [0.25, 0.3) is 0 Å². The Bertz CT molecular complexity index is 271. The average molecular weight is 267 g/mol. The molecule has 0 bridgehead atoms. The maximum Gasteiger partial charge on any atom is 0.234 e. The van der Waals surface area contributed by atoms with Crippen molar-refractivity contribution in [3.8, 4) is 0 Å². The van der Waals surface area contributed by atoms with Crippen molar-refractivity contribution in [2.45, 2.75) is 69.9 Å². The molecule has 2 rings (SSSR count). The largest absolute Gasteiger partial charge is 0.352 e. The van der Waals surface area contributed by atoms with Gasteiger partial charge in [0.15, 0.2) is 0 Å². The molecular formula is C15H29N3O. The van der Waals surface area contributed by atoms with Crippen LogP contribution in [0.3, 0.4) is 0 Å². The summed E-state index contributed by atoms with van der Waals surface area (Å²) >= 11 is 0. The zero-order valence-electron chi connectivity index (χ0n) is 12.1. The van der Waals surface area contributed by atoms with Crippen LogP contribution >= 0.6 is 0 Å². The Morgan fingerprint density at radius 2 is 1.79 bits per heavy atom. The zero-order valence-corrected chi connectivity index (χ0v) is 12.1. The van der Waals surface area contributed by atoms with Crippen molar-refractivity contribution >= 4 is 5.91 Å². The first-order chi connectivity index (χ1) is 9.29. The van der Waals surface area contributed by atoms with Crippen LogP contribution in [0.5, 0.6) is 0 Å². The molecule has 3 N–H and O–H groups in total. The molecule has 4 heteroatoms. The van der Waals surface area contributed by atoms with Gasteiger partial charge in [0, 0.05) is 18.6 Å². The molecule has 0 atom stereocenters. The highest BCUT2D eigenvalue weighted by Gasteiger charge is 2.26. The summed E-state index contributed by atoms with van der Waals surface area (Å²) < 4.78 is 0. The fraction of sp³-hybridized carbons (Fsp3) is 0.933. The van der Waals surface area contributed by atoms with E-state index in [-0.39, 0.29) is 5.91 Å². The third-order valence-corrected chi connectivity index (χ3v) is 4.28. The lowest BCUT2D eigenvalue weighted by atomic mass is 10.1. The molecule has 0 aromatic heterocycles. The minimum atomic E-state index is 0.212. The number of nitrogens with zero attached hydrogens (tertiary/aromatic N) is 1. The summed E-state index contributed by atoms with van der Waals surface area (Å²) in [5.74, 6) is 0.212. The van der Waals surface area contributed by atoms with Crippen molar-refractivity contribution in [2.24, 2.45) is 5.73 Å². The smallest absolute Gasteiger partial charge is 0.234 e. The third-order valence-electron chi connectivity index (χ3n) is 4.28. The van der Waals surface area contributed by atoms with E-state index in [9.17, 15) is 4.79 Å². The number of carbonyl (C=O) groups excluding carboxylic acids is 1. The lowest BCUT2D eigenvalue weighted by molar-refractivity contribution is -0.123. The third kappa shape index (κ3) is 5.49. The molecule has 2 fully saturated rings. The lowest BCUT2D eigenvalue weighted by Gasteiger charge is -2.30. The SMILES string of the molecule is NCCCN(CC(=O)NC1CC1)C1CCCCCC1. The van der Waals surface area contributed by atoms with Crippen molar-refractivity contribution in [1.82, 2.24) is 10.2 Å². The average Bonchev–Trinajstić information content (AvgIpc) is 3.20. The highest BCUT2D eigenvalue weighted by atomic mass is 16.2. The van der Waals surface area contributed by atoms with E-state index in [2.05, 4.69) is 10.2 Å². The highest BCUT2D eigenvalue weighted by molar-refractivity contribution is 5.78. The first-order valence-corrected chi connectivity index (χ1v) is 8.03. The molecule has 0 aromatic carbocycles. The van der Waals surface area contributed by atoms with Gasteiger partial charge in [-0.05, 0) is 38.6 Å². The zero-order chi connectivity index (χ0) is 13.5. The van der Waals surface area contributed by atoms with Crippen LogP contribution in [-0.2, 0) is 4.79 Å². The van der Waals surface area contributed by atoms with Gasteiger partial charge in [-0.15, -0.1) is 0 Å². The molecule has 0 heterocycles. The molecule has 19 heavy (non-hydrogen) atoms. The molecule has 2 saturated carbocycles. The van der Waals surface area contributed by atoms with Crippen molar-refractivity contribution in [3.05, 3.63) is 0 Å². The molecule has 0 radical (unpaired) electrons. The van der Waals surface area contributed by atoms with Crippen LogP contribution in [0, 0.1) is 0 Å². The van der Waals surface area contributed by atoms with Gasteiger partial charge in [-0.1, -0.05) is 25.7 Å². The Morgan fingerprint density at radius 3 is 2.37 bits per heavy atom. The molecule has 0 aliphatic heterocycles. The van der Waals surface area contributed by atoms with Gasteiger partial charge in [-0.25, -0.2) is 0 Å². The fourth-order valence-electron chi connectivity index (χ4n) is 2.99. The molecule has 110 valence electrons. The number of hydrogen-bond acceptors (Lipinski definition) is 3. The van der Waals surface area contributed by atoms with E-state index in [1.807, 2.05) is 0 Å². The Hall–Kier alpha value is -0.610. The summed E-state index contributed by atoms with van der Waals surface area (Å²) in [7, 11) is 0. The van der Waals surface area contributed by atoms with Gasteiger partial charge in [0.1, 0.15) is 0 Å². The normalized spacial score (nSPS) is 21.4. The summed E-state index contributed by atoms with van der Waals surface area (Å²) in [6.45, 7) is 2.26. The molecule has 4 nitrogen and oxygen atoms in total. The summed E-state index contributed by atoms with van der Waals surface area (Å²) in [5.41, 5.74) is 5.63. The van der Waals surface area contributed by atoms with Crippen molar-refractivity contribution in [1.29, 1.82) is 0 Å². The first kappa shape index (κ1) is 14.8. The Morgan fingerprint density at radius 1 is 1.11 bits per heavy atom. The van der Waals surface area contributed by atoms with Crippen LogP contribution < -0.4 is 11.1 Å². The van der Waals surface area contributed by atoms with Crippen molar-refractivity contribution in [2.75, 3.05) is 19.6 Å². The fourth-order valence-corrected chi connectivity index (χ4v) is 2.99. The van der Waals surface area contributed by atoms with Crippen LogP contribution in [-0.4, -0.2) is 42.5 Å². The van der Waals surface area contributed by atoms with Gasteiger partial charge in [0.05, 0.1) is 6.54 Å². The highest BCUT2D eigenvalue weighted by Crippen LogP contribution is 2.22. The van der Waals surface area contributed by atoms with Crippen molar-refractivity contribution < 1.29 is 4.79 Å². The van der Waals surface area contributed by atoms with E-state index < -0.39 is 0 Å². The Labute approximate surface area is 117 Å². The molecule has 0 unspecified atom stereocenters. The molecular weight excluding hydrogens is 238 g/mol. The van der Waals surface area contributed by atoms with Gasteiger partial charge in [0.2, 0.25) is 5.91 Å². The van der Waals surface area contributed by atoms with Crippen LogP contribution in [0.1, 0.15) is 57.8 Å². The Kier molecular flexibility index (Phi) is 6.11. The second-order valence-electron chi connectivity index (χ2n) is 6.10. The van der Waals surface area contributed by atoms with E-state index in [0.29, 0.717) is 25.2 Å². The minimum Gasteiger partial charge on any atom is -0.352 e. The first-order valence-electron chi connectivity index (χ1n) is 8.03. The summed E-state index contributed by atoms with van der Waals surface area (Å²) in [6.07, 6.45) is 11.2. The van der Waals surface area contributed by atoms with Crippen LogP contribution in [0.15, 0.2) is 0 Å². The summed E-state index contributed by atoms with van der Waals surface area (Å²) in [5, 5.41) is 3.10. The summed E-state index contributed by atoms with van der Waals surface area (Å²) in [6, 6.07) is 1.07.